The maximum atomic E-state index is 11.7. The van der Waals surface area contributed by atoms with E-state index in [9.17, 15) is 4.79 Å². The molecule has 0 amide bonds. The first-order valence-electron chi connectivity index (χ1n) is 4.44. The van der Waals surface area contributed by atoms with Crippen molar-refractivity contribution in [1.82, 2.24) is 0 Å². The standard InChI is InChI=1S/C11H10I2O2/c1-2-15-11(14)9(10(12)13)8-6-4-3-5-7-8/h3-7H,2H2,1H3. The molecular weight excluding hydrogens is 418 g/mol. The van der Waals surface area contributed by atoms with Crippen LogP contribution in [0.5, 0.6) is 0 Å². The van der Waals surface area contributed by atoms with Crippen LogP contribution in [-0.2, 0) is 9.53 Å². The van der Waals surface area contributed by atoms with Gasteiger partial charge in [-0.2, -0.15) is 0 Å². The molecule has 0 aliphatic carbocycles. The van der Waals surface area contributed by atoms with Gasteiger partial charge in [0, 0.05) is 0 Å². The summed E-state index contributed by atoms with van der Waals surface area (Å²) >= 11 is 4.26. The zero-order valence-corrected chi connectivity index (χ0v) is 12.5. The maximum Gasteiger partial charge on any atom is 0.340 e. The molecule has 1 rings (SSSR count). The molecule has 0 radical (unpaired) electrons. The second kappa shape index (κ2) is 6.47. The molecule has 0 aromatic heterocycles. The Morgan fingerprint density at radius 3 is 2.33 bits per heavy atom. The average molecular weight is 428 g/mol. The van der Waals surface area contributed by atoms with Gasteiger partial charge in [-0.1, -0.05) is 30.3 Å². The highest BCUT2D eigenvalue weighted by Crippen LogP contribution is 2.29. The van der Waals surface area contributed by atoms with Gasteiger partial charge in [0.2, 0.25) is 0 Å². The van der Waals surface area contributed by atoms with Gasteiger partial charge in [0.1, 0.15) is 0 Å². The number of carbonyl (C=O) groups is 1. The summed E-state index contributed by atoms with van der Waals surface area (Å²) in [6.07, 6.45) is 0. The van der Waals surface area contributed by atoms with Gasteiger partial charge >= 0.3 is 5.97 Å². The number of hydrogen-bond donors (Lipinski definition) is 0. The van der Waals surface area contributed by atoms with Gasteiger partial charge in [-0.3, -0.25) is 0 Å². The molecule has 0 aliphatic rings. The molecule has 1 aromatic carbocycles. The average Bonchev–Trinajstić information content (AvgIpc) is 2.19. The van der Waals surface area contributed by atoms with Gasteiger partial charge in [-0.05, 0) is 57.7 Å². The first-order chi connectivity index (χ1) is 7.16. The Hall–Kier alpha value is -0.110. The van der Waals surface area contributed by atoms with E-state index in [4.69, 9.17) is 4.74 Å². The Labute approximate surface area is 116 Å². The summed E-state index contributed by atoms with van der Waals surface area (Å²) in [6, 6.07) is 9.55. The van der Waals surface area contributed by atoms with Gasteiger partial charge in [0.25, 0.3) is 0 Å². The monoisotopic (exact) mass is 428 g/mol. The van der Waals surface area contributed by atoms with Crippen LogP contribution >= 0.6 is 45.2 Å². The van der Waals surface area contributed by atoms with Crippen LogP contribution in [-0.4, -0.2) is 12.6 Å². The second-order valence-electron chi connectivity index (χ2n) is 2.72. The molecule has 80 valence electrons. The molecule has 0 saturated carbocycles. The first-order valence-corrected chi connectivity index (χ1v) is 6.60. The van der Waals surface area contributed by atoms with E-state index < -0.39 is 0 Å². The minimum atomic E-state index is -0.262. The summed E-state index contributed by atoms with van der Waals surface area (Å²) in [5.41, 5.74) is 1.54. The van der Waals surface area contributed by atoms with E-state index in [2.05, 4.69) is 45.2 Å². The second-order valence-corrected chi connectivity index (χ2v) is 6.94. The number of hydrogen-bond acceptors (Lipinski definition) is 2. The SMILES string of the molecule is CCOC(=O)C(=C(I)I)c1ccccc1. The first kappa shape index (κ1) is 13.0. The number of carbonyl (C=O) groups excluding carboxylic acids is 1. The Morgan fingerprint density at radius 1 is 1.27 bits per heavy atom. The Kier molecular flexibility index (Phi) is 5.59. The van der Waals surface area contributed by atoms with Crippen LogP contribution in [0.3, 0.4) is 0 Å². The van der Waals surface area contributed by atoms with Gasteiger partial charge in [0.15, 0.2) is 0 Å². The van der Waals surface area contributed by atoms with E-state index in [1.807, 2.05) is 30.3 Å². The van der Waals surface area contributed by atoms with E-state index in [0.717, 1.165) is 7.15 Å². The van der Waals surface area contributed by atoms with Crippen molar-refractivity contribution in [3.8, 4) is 0 Å². The van der Waals surface area contributed by atoms with Crippen molar-refractivity contribution in [2.45, 2.75) is 6.92 Å². The van der Waals surface area contributed by atoms with Crippen LogP contribution in [0.4, 0.5) is 0 Å². The smallest absolute Gasteiger partial charge is 0.340 e. The number of halogens is 2. The molecule has 0 bridgehead atoms. The molecule has 2 nitrogen and oxygen atoms in total. The van der Waals surface area contributed by atoms with E-state index in [1.54, 1.807) is 6.92 Å². The molecule has 0 saturated heterocycles. The minimum absolute atomic E-state index is 0.262. The van der Waals surface area contributed by atoms with E-state index in [0.29, 0.717) is 12.2 Å². The normalized spacial score (nSPS) is 9.53. The van der Waals surface area contributed by atoms with Crippen LogP contribution in [0.15, 0.2) is 31.9 Å². The lowest BCUT2D eigenvalue weighted by Gasteiger charge is -2.07. The largest absolute Gasteiger partial charge is 0.462 e. The Bertz CT molecular complexity index is 367. The maximum absolute atomic E-state index is 11.7. The number of esters is 1. The summed E-state index contributed by atoms with van der Waals surface area (Å²) < 4.78 is 5.93. The van der Waals surface area contributed by atoms with Crippen LogP contribution in [0.2, 0.25) is 0 Å². The zero-order chi connectivity index (χ0) is 11.3. The van der Waals surface area contributed by atoms with Crippen LogP contribution < -0.4 is 0 Å². The molecule has 0 unspecified atom stereocenters. The van der Waals surface area contributed by atoms with Gasteiger partial charge in [0.05, 0.1) is 13.8 Å². The molecule has 0 spiro atoms. The fourth-order valence-electron chi connectivity index (χ4n) is 1.11. The van der Waals surface area contributed by atoms with Crippen molar-refractivity contribution in [3.63, 3.8) is 0 Å². The summed E-state index contributed by atoms with van der Waals surface area (Å²) in [6.45, 7) is 2.20. The predicted molar refractivity (Wildman–Crippen MR) is 78.0 cm³/mol. The molecule has 0 aliphatic heterocycles. The molecular formula is C11H10I2O2. The fourth-order valence-corrected chi connectivity index (χ4v) is 2.18. The van der Waals surface area contributed by atoms with Crippen molar-refractivity contribution < 1.29 is 9.53 Å². The van der Waals surface area contributed by atoms with Gasteiger partial charge in [-0.25, -0.2) is 4.79 Å². The minimum Gasteiger partial charge on any atom is -0.462 e. The van der Waals surface area contributed by atoms with Crippen LogP contribution in [0.25, 0.3) is 5.57 Å². The van der Waals surface area contributed by atoms with E-state index >= 15 is 0 Å². The third-order valence-electron chi connectivity index (χ3n) is 1.73. The summed E-state index contributed by atoms with van der Waals surface area (Å²) in [5.74, 6) is -0.262. The van der Waals surface area contributed by atoms with Crippen molar-refractivity contribution >= 4 is 56.7 Å². The third kappa shape index (κ3) is 3.75. The number of rotatable bonds is 3. The van der Waals surface area contributed by atoms with Crippen LogP contribution in [0, 0.1) is 0 Å². The lowest BCUT2D eigenvalue weighted by molar-refractivity contribution is -0.136. The summed E-state index contributed by atoms with van der Waals surface area (Å²) in [7, 11) is 0. The third-order valence-corrected chi connectivity index (χ3v) is 2.81. The quantitative estimate of drug-likeness (QED) is 0.417. The molecule has 0 heterocycles. The van der Waals surface area contributed by atoms with Crippen molar-refractivity contribution in [1.29, 1.82) is 0 Å². The van der Waals surface area contributed by atoms with Crippen molar-refractivity contribution in [3.05, 3.63) is 37.5 Å². The number of benzene rings is 1. The lowest BCUT2D eigenvalue weighted by Crippen LogP contribution is -2.07. The van der Waals surface area contributed by atoms with E-state index in [-0.39, 0.29) is 5.97 Å². The highest BCUT2D eigenvalue weighted by atomic mass is 127. The zero-order valence-electron chi connectivity index (χ0n) is 8.17. The topological polar surface area (TPSA) is 26.3 Å². The lowest BCUT2D eigenvalue weighted by atomic mass is 10.1. The molecule has 4 heteroatoms. The fraction of sp³-hybridized carbons (Fsp3) is 0.182. The predicted octanol–water partition coefficient (Wildman–Crippen LogP) is 3.79. The highest BCUT2D eigenvalue weighted by Gasteiger charge is 2.15. The van der Waals surface area contributed by atoms with Gasteiger partial charge in [-0.15, -0.1) is 0 Å². The van der Waals surface area contributed by atoms with Crippen molar-refractivity contribution in [2.24, 2.45) is 0 Å². The summed E-state index contributed by atoms with van der Waals surface area (Å²) in [4.78, 5) is 11.7. The van der Waals surface area contributed by atoms with Crippen molar-refractivity contribution in [2.75, 3.05) is 6.61 Å². The molecule has 0 fully saturated rings. The molecule has 15 heavy (non-hydrogen) atoms. The van der Waals surface area contributed by atoms with Gasteiger partial charge < -0.3 is 4.74 Å². The van der Waals surface area contributed by atoms with E-state index in [1.165, 1.54) is 0 Å². The number of ether oxygens (including phenoxy) is 1. The van der Waals surface area contributed by atoms with Crippen LogP contribution in [0.1, 0.15) is 12.5 Å². The Balaban J connectivity index is 3.06. The molecule has 1 aromatic rings. The highest BCUT2D eigenvalue weighted by molar-refractivity contribution is 14.2. The molecule has 0 atom stereocenters. The Morgan fingerprint density at radius 2 is 1.87 bits per heavy atom. The summed E-state index contributed by atoms with van der Waals surface area (Å²) in [5, 5.41) is 0. The molecule has 0 N–H and O–H groups in total.